The van der Waals surface area contributed by atoms with Gasteiger partial charge in [0.05, 0.1) is 25.4 Å². The van der Waals surface area contributed by atoms with E-state index in [9.17, 15) is 35.4 Å². The van der Waals surface area contributed by atoms with E-state index >= 15 is 0 Å². The fraction of sp³-hybridized carbons (Fsp3) is 0.906. The van der Waals surface area contributed by atoms with Crippen molar-refractivity contribution in [1.29, 1.82) is 0 Å². The van der Waals surface area contributed by atoms with Gasteiger partial charge in [0.15, 0.2) is 6.29 Å². The average Bonchev–Trinajstić information content (AvgIpc) is 3.28. The third-order valence-electron chi connectivity index (χ3n) is 12.9. The summed E-state index contributed by atoms with van der Waals surface area (Å²) in [4.78, 5) is 13.1. The molecule has 0 aromatic carbocycles. The Balaban J connectivity index is 2.32. The molecular weight excluding hydrogens is 795 g/mol. The maximum Gasteiger partial charge on any atom is 0.249 e. The van der Waals surface area contributed by atoms with Gasteiger partial charge in [-0.2, -0.15) is 0 Å². The maximum atomic E-state index is 13.1. The highest BCUT2D eigenvalue weighted by Gasteiger charge is 2.44. The lowest BCUT2D eigenvalue weighted by molar-refractivity contribution is -0.302. The van der Waals surface area contributed by atoms with Gasteiger partial charge >= 0.3 is 0 Å². The van der Waals surface area contributed by atoms with Gasteiger partial charge in [-0.3, -0.25) is 4.79 Å². The van der Waals surface area contributed by atoms with Crippen LogP contribution in [0.4, 0.5) is 0 Å². The standard InChI is InChI=1S/C53H101NO9/c1-3-5-7-9-11-13-15-17-19-21-22-23-24-25-26-28-30-32-34-36-38-40-42-47(57)52(61)54-45(44-62-53-51(60)50(59)49(58)48(43-55)63-53)46(56)41-39-37-35-33-31-29-27-20-18-16-14-12-10-8-6-4-2/h31,33,39,41,45-51,53,55-60H,3-30,32,34-38,40,42-44H2,1-2H3,(H,54,61)/b33-31+,41-39+. The number of carbonyl (C=O) groups is 1. The van der Waals surface area contributed by atoms with Gasteiger partial charge in [-0.15, -0.1) is 0 Å². The maximum absolute atomic E-state index is 13.1. The summed E-state index contributed by atoms with van der Waals surface area (Å²) in [6.07, 6.45) is 42.7. The van der Waals surface area contributed by atoms with E-state index in [-0.39, 0.29) is 6.61 Å². The number of unbranched alkanes of at least 4 members (excludes halogenated alkanes) is 32. The zero-order valence-corrected chi connectivity index (χ0v) is 40.7. The van der Waals surface area contributed by atoms with Gasteiger partial charge in [0.25, 0.3) is 0 Å². The molecule has 8 atom stereocenters. The van der Waals surface area contributed by atoms with E-state index in [1.54, 1.807) is 6.08 Å². The highest BCUT2D eigenvalue weighted by atomic mass is 16.7. The number of amides is 1. The van der Waals surface area contributed by atoms with Crippen LogP contribution < -0.4 is 5.32 Å². The Bertz CT molecular complexity index is 1060. The smallest absolute Gasteiger partial charge is 0.249 e. The topological polar surface area (TPSA) is 169 Å². The van der Waals surface area contributed by atoms with Gasteiger partial charge in [0, 0.05) is 0 Å². The lowest BCUT2D eigenvalue weighted by atomic mass is 9.99. The number of allylic oxidation sites excluding steroid dienone is 3. The molecule has 1 rings (SSSR count). The number of aliphatic hydroxyl groups is 6. The molecule has 1 amide bonds. The number of aliphatic hydroxyl groups excluding tert-OH is 6. The van der Waals surface area contributed by atoms with Crippen LogP contribution in [0.15, 0.2) is 24.3 Å². The highest BCUT2D eigenvalue weighted by molar-refractivity contribution is 5.80. The summed E-state index contributed by atoms with van der Waals surface area (Å²) < 4.78 is 11.2. The van der Waals surface area contributed by atoms with Crippen LogP contribution >= 0.6 is 0 Å². The number of hydrogen-bond acceptors (Lipinski definition) is 9. The van der Waals surface area contributed by atoms with Gasteiger partial charge in [0.2, 0.25) is 5.91 Å². The fourth-order valence-corrected chi connectivity index (χ4v) is 8.53. The molecule has 0 aliphatic carbocycles. The van der Waals surface area contributed by atoms with E-state index in [4.69, 9.17) is 9.47 Å². The van der Waals surface area contributed by atoms with Crippen molar-refractivity contribution in [3.05, 3.63) is 24.3 Å². The third-order valence-corrected chi connectivity index (χ3v) is 12.9. The first-order valence-electron chi connectivity index (χ1n) is 26.7. The van der Waals surface area contributed by atoms with E-state index < -0.39 is 61.5 Å². The van der Waals surface area contributed by atoms with Crippen molar-refractivity contribution in [3.63, 3.8) is 0 Å². The molecule has 0 aromatic heterocycles. The zero-order valence-electron chi connectivity index (χ0n) is 40.7. The van der Waals surface area contributed by atoms with Crippen LogP contribution in [0.2, 0.25) is 0 Å². The molecule has 1 heterocycles. The largest absolute Gasteiger partial charge is 0.394 e. The minimum atomic E-state index is -1.61. The highest BCUT2D eigenvalue weighted by Crippen LogP contribution is 2.23. The summed E-state index contributed by atoms with van der Waals surface area (Å²) in [6, 6.07) is -0.993. The molecule has 8 unspecified atom stereocenters. The predicted octanol–water partition coefficient (Wildman–Crippen LogP) is 11.2. The Morgan fingerprint density at radius 3 is 1.38 bits per heavy atom. The van der Waals surface area contributed by atoms with Crippen molar-refractivity contribution in [2.75, 3.05) is 13.2 Å². The summed E-state index contributed by atoms with van der Waals surface area (Å²) in [5, 5.41) is 64.9. The molecule has 0 spiro atoms. The summed E-state index contributed by atoms with van der Waals surface area (Å²) in [5.41, 5.74) is 0. The molecule has 1 fully saturated rings. The zero-order chi connectivity index (χ0) is 46.0. The van der Waals surface area contributed by atoms with Crippen molar-refractivity contribution >= 4 is 5.91 Å². The van der Waals surface area contributed by atoms with Crippen molar-refractivity contribution in [2.45, 2.75) is 294 Å². The van der Waals surface area contributed by atoms with E-state index in [2.05, 4.69) is 31.3 Å². The first kappa shape index (κ1) is 59.6. The molecule has 1 aliphatic rings. The Morgan fingerprint density at radius 2 is 0.937 bits per heavy atom. The third kappa shape index (κ3) is 32.9. The number of hydrogen-bond donors (Lipinski definition) is 7. The second kappa shape index (κ2) is 43.2. The summed E-state index contributed by atoms with van der Waals surface area (Å²) in [7, 11) is 0. The second-order valence-corrected chi connectivity index (χ2v) is 18.8. The van der Waals surface area contributed by atoms with Crippen LogP contribution in [0, 0.1) is 0 Å². The van der Waals surface area contributed by atoms with E-state index in [1.807, 2.05) is 6.08 Å². The van der Waals surface area contributed by atoms with Crippen molar-refractivity contribution in [3.8, 4) is 0 Å². The fourth-order valence-electron chi connectivity index (χ4n) is 8.53. The summed E-state index contributed by atoms with van der Waals surface area (Å²) in [5.74, 6) is -0.622. The molecule has 372 valence electrons. The molecule has 7 N–H and O–H groups in total. The van der Waals surface area contributed by atoms with Crippen LogP contribution in [-0.4, -0.2) is 98.7 Å². The lowest BCUT2D eigenvalue weighted by Crippen LogP contribution is -2.60. The molecule has 63 heavy (non-hydrogen) atoms. The van der Waals surface area contributed by atoms with Crippen LogP contribution in [0.5, 0.6) is 0 Å². The first-order valence-corrected chi connectivity index (χ1v) is 26.7. The Labute approximate surface area is 386 Å². The Morgan fingerprint density at radius 1 is 0.540 bits per heavy atom. The molecule has 0 radical (unpaired) electrons. The number of nitrogens with one attached hydrogen (secondary N) is 1. The number of carbonyl (C=O) groups excluding carboxylic acids is 1. The van der Waals surface area contributed by atoms with Gasteiger partial charge in [0.1, 0.15) is 30.5 Å². The molecule has 0 bridgehead atoms. The quantitative estimate of drug-likeness (QED) is 0.0232. The lowest BCUT2D eigenvalue weighted by Gasteiger charge is -2.40. The van der Waals surface area contributed by atoms with Gasteiger partial charge in [-0.1, -0.05) is 237 Å². The van der Waals surface area contributed by atoms with Crippen LogP contribution in [0.1, 0.15) is 245 Å². The van der Waals surface area contributed by atoms with Crippen LogP contribution in [-0.2, 0) is 14.3 Å². The predicted molar refractivity (Wildman–Crippen MR) is 260 cm³/mol. The average molecular weight is 896 g/mol. The molecule has 1 saturated heterocycles. The molecule has 10 nitrogen and oxygen atoms in total. The van der Waals surface area contributed by atoms with Crippen LogP contribution in [0.25, 0.3) is 0 Å². The minimum Gasteiger partial charge on any atom is -0.394 e. The Hall–Kier alpha value is -1.37. The van der Waals surface area contributed by atoms with Crippen LogP contribution in [0.3, 0.4) is 0 Å². The molecular formula is C53H101NO9. The summed E-state index contributed by atoms with van der Waals surface area (Å²) >= 11 is 0. The second-order valence-electron chi connectivity index (χ2n) is 18.8. The monoisotopic (exact) mass is 896 g/mol. The first-order chi connectivity index (χ1) is 30.8. The SMILES string of the molecule is CCCCCCCCCCCC/C=C/CC/C=C/C(O)C(COC1OC(CO)C(O)C(O)C1O)NC(=O)C(O)CCCCCCCCCCCCCCCCCCCCCCCC. The number of ether oxygens (including phenoxy) is 2. The van der Waals surface area contributed by atoms with E-state index in [0.717, 1.165) is 38.5 Å². The van der Waals surface area contributed by atoms with Gasteiger partial charge < -0.3 is 45.4 Å². The Kier molecular flexibility index (Phi) is 40.9. The molecule has 10 heteroatoms. The van der Waals surface area contributed by atoms with E-state index in [1.165, 1.54) is 180 Å². The number of rotatable bonds is 45. The normalized spacial score (nSPS) is 20.8. The molecule has 1 aliphatic heterocycles. The minimum absolute atomic E-state index is 0.308. The molecule has 0 saturated carbocycles. The van der Waals surface area contributed by atoms with Crippen molar-refractivity contribution in [2.24, 2.45) is 0 Å². The van der Waals surface area contributed by atoms with Gasteiger partial charge in [-0.05, 0) is 32.1 Å². The van der Waals surface area contributed by atoms with Gasteiger partial charge in [-0.25, -0.2) is 0 Å². The van der Waals surface area contributed by atoms with E-state index in [0.29, 0.717) is 12.8 Å². The molecule has 0 aromatic rings. The van der Waals surface area contributed by atoms with Crippen molar-refractivity contribution in [1.82, 2.24) is 5.32 Å². The summed E-state index contributed by atoms with van der Waals surface area (Å²) in [6.45, 7) is 3.62. The van der Waals surface area contributed by atoms with Crippen molar-refractivity contribution < 1.29 is 44.9 Å².